The first-order valence-corrected chi connectivity index (χ1v) is 5.20. The molecule has 1 aliphatic rings. The number of rotatable bonds is 1. The Labute approximate surface area is 72.7 Å². The van der Waals surface area contributed by atoms with Crippen LogP contribution in [0.5, 0.6) is 0 Å². The lowest BCUT2D eigenvalue weighted by atomic mass is 10.3. The molecule has 0 unspecified atom stereocenters. The van der Waals surface area contributed by atoms with Crippen molar-refractivity contribution in [2.24, 2.45) is 0 Å². The Morgan fingerprint density at radius 1 is 1.25 bits per heavy atom. The van der Waals surface area contributed by atoms with Gasteiger partial charge < -0.3 is 5.32 Å². The molecule has 5 nitrogen and oxygen atoms in total. The zero-order valence-electron chi connectivity index (χ0n) is 7.02. The summed E-state index contributed by atoms with van der Waals surface area (Å²) >= 11 is 0. The molecule has 0 aromatic carbocycles. The first-order valence-electron chi connectivity index (χ1n) is 3.80. The highest BCUT2D eigenvalue weighted by Gasteiger charge is 2.10. The molecule has 0 aromatic heterocycles. The monoisotopic (exact) mass is 197 g/mol. The summed E-state index contributed by atoms with van der Waals surface area (Å²) in [5, 5.41) is 3.26. The van der Waals surface area contributed by atoms with Gasteiger partial charge in [-0.3, -0.25) is 9.11 Å². The molecule has 1 saturated carbocycles. The third-order valence-corrected chi connectivity index (χ3v) is 1.76. The van der Waals surface area contributed by atoms with Crippen LogP contribution in [0.1, 0.15) is 25.7 Å². The van der Waals surface area contributed by atoms with E-state index in [4.69, 9.17) is 17.5 Å². The van der Waals surface area contributed by atoms with Crippen molar-refractivity contribution in [3.63, 3.8) is 0 Å². The van der Waals surface area contributed by atoms with Gasteiger partial charge in [0.25, 0.3) is 0 Å². The molecule has 0 heterocycles. The summed E-state index contributed by atoms with van der Waals surface area (Å²) in [4.78, 5) is 0. The second-order valence-electron chi connectivity index (χ2n) is 2.72. The highest BCUT2D eigenvalue weighted by molar-refractivity contribution is 7.79. The predicted octanol–water partition coefficient (Wildman–Crippen LogP) is 0.496. The quantitative estimate of drug-likeness (QED) is 0.533. The maximum absolute atomic E-state index is 8.74. The van der Waals surface area contributed by atoms with Crippen molar-refractivity contribution in [2.75, 3.05) is 7.05 Å². The Kier molecular flexibility index (Phi) is 5.39. The lowest BCUT2D eigenvalue weighted by Crippen LogP contribution is -2.20. The molecule has 0 bridgehead atoms. The summed E-state index contributed by atoms with van der Waals surface area (Å²) in [7, 11) is -2.62. The molecule has 1 fully saturated rings. The standard InChI is InChI=1S/C6H13N.H2O4S/c1-7-6-4-2-3-5-6;1-5(2,3)4/h6-7H,2-5H2,1H3;(H2,1,2,3,4). The van der Waals surface area contributed by atoms with Gasteiger partial charge in [0.05, 0.1) is 0 Å². The van der Waals surface area contributed by atoms with E-state index in [-0.39, 0.29) is 0 Å². The van der Waals surface area contributed by atoms with Gasteiger partial charge in [0.15, 0.2) is 0 Å². The Bertz CT molecular complexity index is 188. The number of hydrogen-bond acceptors (Lipinski definition) is 3. The van der Waals surface area contributed by atoms with E-state index in [0.29, 0.717) is 0 Å². The molecule has 0 saturated heterocycles. The lowest BCUT2D eigenvalue weighted by molar-refractivity contribution is 0.381. The van der Waals surface area contributed by atoms with E-state index < -0.39 is 10.4 Å². The fourth-order valence-electron chi connectivity index (χ4n) is 1.21. The maximum atomic E-state index is 8.74. The second-order valence-corrected chi connectivity index (χ2v) is 3.61. The number of nitrogens with one attached hydrogen (secondary N) is 1. The Hall–Kier alpha value is -0.170. The molecule has 0 amide bonds. The van der Waals surface area contributed by atoms with Gasteiger partial charge in [-0.05, 0) is 19.9 Å². The summed E-state index contributed by atoms with van der Waals surface area (Å²) < 4.78 is 31.6. The second kappa shape index (κ2) is 5.47. The molecule has 12 heavy (non-hydrogen) atoms. The largest absolute Gasteiger partial charge is 0.394 e. The summed E-state index contributed by atoms with van der Waals surface area (Å²) in [6, 6.07) is 0.847. The minimum absolute atomic E-state index is 0.847. The van der Waals surface area contributed by atoms with Crippen molar-refractivity contribution in [1.82, 2.24) is 5.32 Å². The molecule has 1 rings (SSSR count). The van der Waals surface area contributed by atoms with Crippen LogP contribution >= 0.6 is 0 Å². The van der Waals surface area contributed by atoms with Crippen LogP contribution in [0, 0.1) is 0 Å². The van der Waals surface area contributed by atoms with Crippen LogP contribution in [0.4, 0.5) is 0 Å². The first-order chi connectivity index (χ1) is 5.43. The fraction of sp³-hybridized carbons (Fsp3) is 1.00. The van der Waals surface area contributed by atoms with Crippen molar-refractivity contribution in [1.29, 1.82) is 0 Å². The van der Waals surface area contributed by atoms with Crippen LogP contribution in [0.2, 0.25) is 0 Å². The Morgan fingerprint density at radius 3 is 1.75 bits per heavy atom. The van der Waals surface area contributed by atoms with Gasteiger partial charge in [0.2, 0.25) is 0 Å². The predicted molar refractivity (Wildman–Crippen MR) is 45.5 cm³/mol. The minimum Gasteiger partial charge on any atom is -0.317 e. The summed E-state index contributed by atoms with van der Waals surface area (Å²) in [5.74, 6) is 0. The molecule has 74 valence electrons. The third kappa shape index (κ3) is 9.83. The highest BCUT2D eigenvalue weighted by atomic mass is 32.3. The first kappa shape index (κ1) is 11.8. The SMILES string of the molecule is CNC1CCCC1.O=S(=O)(O)O. The molecular formula is C6H15NO4S. The van der Waals surface area contributed by atoms with Crippen molar-refractivity contribution in [3.05, 3.63) is 0 Å². The van der Waals surface area contributed by atoms with Gasteiger partial charge in [-0.25, -0.2) is 0 Å². The van der Waals surface area contributed by atoms with Crippen LogP contribution < -0.4 is 5.32 Å². The normalized spacial score (nSPS) is 18.6. The van der Waals surface area contributed by atoms with E-state index in [9.17, 15) is 0 Å². The zero-order chi connectivity index (χ0) is 9.61. The van der Waals surface area contributed by atoms with Crippen LogP contribution in [0.3, 0.4) is 0 Å². The van der Waals surface area contributed by atoms with Gasteiger partial charge in [-0.1, -0.05) is 12.8 Å². The fourth-order valence-corrected chi connectivity index (χ4v) is 1.21. The summed E-state index contributed by atoms with van der Waals surface area (Å²) in [6.07, 6.45) is 5.67. The van der Waals surface area contributed by atoms with Crippen LogP contribution in [0.25, 0.3) is 0 Å². The number of hydrogen-bond donors (Lipinski definition) is 3. The summed E-state index contributed by atoms with van der Waals surface area (Å²) in [6.45, 7) is 0. The lowest BCUT2D eigenvalue weighted by Gasteiger charge is -2.03. The molecule has 1 aliphatic carbocycles. The van der Waals surface area contributed by atoms with Crippen LogP contribution in [0.15, 0.2) is 0 Å². The smallest absolute Gasteiger partial charge is 0.317 e. The van der Waals surface area contributed by atoms with E-state index in [0.717, 1.165) is 6.04 Å². The molecule has 6 heteroatoms. The molecule has 0 spiro atoms. The van der Waals surface area contributed by atoms with Crippen LogP contribution in [-0.4, -0.2) is 30.6 Å². The van der Waals surface area contributed by atoms with Gasteiger partial charge in [0, 0.05) is 6.04 Å². The van der Waals surface area contributed by atoms with Crippen molar-refractivity contribution in [3.8, 4) is 0 Å². The third-order valence-electron chi connectivity index (χ3n) is 1.76. The van der Waals surface area contributed by atoms with E-state index in [2.05, 4.69) is 12.4 Å². The average Bonchev–Trinajstić information content (AvgIpc) is 2.33. The van der Waals surface area contributed by atoms with Gasteiger partial charge in [0.1, 0.15) is 0 Å². The van der Waals surface area contributed by atoms with Gasteiger partial charge in [-0.15, -0.1) is 0 Å². The Balaban J connectivity index is 0.000000217. The zero-order valence-corrected chi connectivity index (χ0v) is 7.84. The molecule has 0 atom stereocenters. The molecule has 0 aromatic rings. The van der Waals surface area contributed by atoms with Crippen LogP contribution in [-0.2, 0) is 10.4 Å². The molecule has 0 radical (unpaired) electrons. The van der Waals surface area contributed by atoms with E-state index >= 15 is 0 Å². The highest BCUT2D eigenvalue weighted by Crippen LogP contribution is 2.16. The molecule has 3 N–H and O–H groups in total. The van der Waals surface area contributed by atoms with Gasteiger partial charge >= 0.3 is 10.4 Å². The van der Waals surface area contributed by atoms with Gasteiger partial charge in [-0.2, -0.15) is 8.42 Å². The minimum atomic E-state index is -4.67. The van der Waals surface area contributed by atoms with Crippen molar-refractivity contribution in [2.45, 2.75) is 31.7 Å². The van der Waals surface area contributed by atoms with E-state index in [1.165, 1.54) is 25.7 Å². The molecule has 0 aliphatic heterocycles. The van der Waals surface area contributed by atoms with Crippen molar-refractivity contribution < 1.29 is 17.5 Å². The maximum Gasteiger partial charge on any atom is 0.394 e. The van der Waals surface area contributed by atoms with E-state index in [1.54, 1.807) is 0 Å². The topological polar surface area (TPSA) is 86.6 Å². The van der Waals surface area contributed by atoms with E-state index in [1.807, 2.05) is 0 Å². The molecular weight excluding hydrogens is 182 g/mol. The Morgan fingerprint density at radius 2 is 1.58 bits per heavy atom. The summed E-state index contributed by atoms with van der Waals surface area (Å²) in [5.41, 5.74) is 0. The van der Waals surface area contributed by atoms with Crippen molar-refractivity contribution >= 4 is 10.4 Å². The average molecular weight is 197 g/mol.